The van der Waals surface area contributed by atoms with Gasteiger partial charge in [-0.05, 0) is 55.5 Å². The molecule has 3 aromatic rings. The van der Waals surface area contributed by atoms with E-state index in [9.17, 15) is 19.9 Å². The number of para-hydroxylation sites is 1. The minimum Gasteiger partial charge on any atom is -0.633 e. The van der Waals surface area contributed by atoms with E-state index in [0.717, 1.165) is 27.7 Å². The predicted octanol–water partition coefficient (Wildman–Crippen LogP) is 4.02. The maximum atomic E-state index is 15.4. The summed E-state index contributed by atoms with van der Waals surface area (Å²) < 4.78 is 30.0. The molecule has 320 valence electrons. The van der Waals surface area contributed by atoms with E-state index in [0.29, 0.717) is 75.4 Å². The number of nitrogens with one attached hydrogen (secondary N) is 1. The average Bonchev–Trinajstić information content (AvgIpc) is 3.51. The van der Waals surface area contributed by atoms with E-state index < -0.39 is 62.1 Å². The molecule has 60 heavy (non-hydrogen) atoms. The number of anilines is 1. The summed E-state index contributed by atoms with van der Waals surface area (Å²) >= 11 is 0. The molecule has 2 aromatic carbocycles. The fourth-order valence-electron chi connectivity index (χ4n) is 14.1. The third-order valence-corrected chi connectivity index (χ3v) is 16.3. The Labute approximate surface area is 349 Å². The topological polar surface area (TPSA) is 166 Å². The van der Waals surface area contributed by atoms with Gasteiger partial charge in [0.15, 0.2) is 6.10 Å². The number of aromatic amines is 1. The minimum absolute atomic E-state index is 0.207. The third kappa shape index (κ3) is 4.74. The quantitative estimate of drug-likeness (QED) is 0.0880. The number of epoxide rings is 1. The van der Waals surface area contributed by atoms with Gasteiger partial charge >= 0.3 is 17.9 Å². The molecule has 2 N–H and O–H groups in total. The summed E-state index contributed by atoms with van der Waals surface area (Å²) in [5.41, 5.74) is -1.80. The van der Waals surface area contributed by atoms with Crippen LogP contribution in [0.1, 0.15) is 68.8 Å². The van der Waals surface area contributed by atoms with Crippen molar-refractivity contribution < 1.29 is 47.8 Å². The zero-order valence-electron chi connectivity index (χ0n) is 35.5. The molecule has 6 aliphatic heterocycles. The fourth-order valence-corrected chi connectivity index (χ4v) is 14.1. The molecule has 14 nitrogen and oxygen atoms in total. The van der Waals surface area contributed by atoms with E-state index >= 15 is 4.79 Å². The van der Waals surface area contributed by atoms with E-state index in [2.05, 4.69) is 22.9 Å². The zero-order valence-corrected chi connectivity index (χ0v) is 35.5. The number of carbonyl (C=O) groups is 3. The van der Waals surface area contributed by atoms with Crippen molar-refractivity contribution in [2.45, 2.75) is 99.2 Å². The van der Waals surface area contributed by atoms with E-state index in [1.165, 1.54) is 21.1 Å². The number of esters is 3. The van der Waals surface area contributed by atoms with Gasteiger partial charge in [-0.2, -0.15) is 0 Å². The molecule has 3 saturated heterocycles. The summed E-state index contributed by atoms with van der Waals surface area (Å²) in [4.78, 5) is 50.9. The maximum absolute atomic E-state index is 15.4. The number of nitrogens with zero attached hydrogens (tertiary/aromatic N) is 3. The highest BCUT2D eigenvalue weighted by Crippen LogP contribution is 2.68. The molecule has 11 atom stereocenters. The van der Waals surface area contributed by atoms with Crippen LogP contribution in [0.4, 0.5) is 5.69 Å². The highest BCUT2D eigenvalue weighted by atomic mass is 16.6. The molecule has 0 radical (unpaired) electrons. The number of quaternary nitrogens is 1. The lowest BCUT2D eigenvalue weighted by atomic mass is 9.47. The lowest BCUT2D eigenvalue weighted by Crippen LogP contribution is -2.81. The second kappa shape index (κ2) is 13.0. The highest BCUT2D eigenvalue weighted by molar-refractivity contribution is 5.95. The van der Waals surface area contributed by atoms with Crippen molar-refractivity contribution in [2.75, 3.05) is 66.0 Å². The first-order valence-electron chi connectivity index (χ1n) is 21.5. The number of aromatic nitrogens is 1. The van der Waals surface area contributed by atoms with Crippen LogP contribution < -0.4 is 9.64 Å². The van der Waals surface area contributed by atoms with E-state index in [1.54, 1.807) is 7.11 Å². The van der Waals surface area contributed by atoms with Crippen molar-refractivity contribution in [1.29, 1.82) is 0 Å². The lowest BCUT2D eigenvalue weighted by Gasteiger charge is -2.63. The van der Waals surface area contributed by atoms with Crippen LogP contribution in [0.25, 0.3) is 10.9 Å². The van der Waals surface area contributed by atoms with Crippen LogP contribution in [-0.4, -0.2) is 134 Å². The summed E-state index contributed by atoms with van der Waals surface area (Å²) in [7, 11) is 6.09. The molecule has 0 amide bonds. The normalized spacial score (nSPS) is 39.5. The van der Waals surface area contributed by atoms with Crippen molar-refractivity contribution in [3.63, 3.8) is 0 Å². The second-order valence-electron chi connectivity index (χ2n) is 18.7. The van der Waals surface area contributed by atoms with Gasteiger partial charge in [-0.15, -0.1) is 0 Å². The molecule has 14 heteroatoms. The van der Waals surface area contributed by atoms with Gasteiger partial charge in [-0.1, -0.05) is 44.2 Å². The number of hydrogen-bond donors (Lipinski definition) is 2. The lowest BCUT2D eigenvalue weighted by molar-refractivity contribution is -0.890. The number of benzene rings is 2. The number of hydroxylamine groups is 3. The van der Waals surface area contributed by atoms with Crippen LogP contribution in [0.2, 0.25) is 0 Å². The molecule has 1 saturated carbocycles. The van der Waals surface area contributed by atoms with Crippen molar-refractivity contribution in [3.8, 4) is 5.75 Å². The van der Waals surface area contributed by atoms with Gasteiger partial charge in [-0.25, -0.2) is 4.79 Å². The summed E-state index contributed by atoms with van der Waals surface area (Å²) in [6.07, 6.45) is 4.93. The van der Waals surface area contributed by atoms with Crippen LogP contribution in [-0.2, 0) is 50.6 Å². The summed E-state index contributed by atoms with van der Waals surface area (Å²) in [6.45, 7) is 7.64. The molecule has 1 aliphatic carbocycles. The maximum Gasteiger partial charge on any atom is 0.344 e. The number of rotatable bonds is 7. The molecule has 0 unspecified atom stereocenters. The molecule has 2 bridgehead atoms. The van der Waals surface area contributed by atoms with Crippen LogP contribution >= 0.6 is 0 Å². The van der Waals surface area contributed by atoms with Gasteiger partial charge in [0.25, 0.3) is 0 Å². The third-order valence-electron chi connectivity index (χ3n) is 16.3. The number of piperidine rings is 1. The number of hydrogen-bond acceptors (Lipinski definition) is 12. The van der Waals surface area contributed by atoms with Gasteiger partial charge < -0.3 is 48.5 Å². The summed E-state index contributed by atoms with van der Waals surface area (Å²) in [5.74, 6) is -1.88. The number of methoxy groups -OCH3 is 3. The molecule has 7 aliphatic rings. The molecule has 7 heterocycles. The Hall–Kier alpha value is -4.47. The Kier molecular flexibility index (Phi) is 8.61. The molecular formula is C46H56N4O10. The standard InChI is InChI=1S/C46H56N4O10/c1-8-42-16-12-18-49-19-17-44(37(42)49)30-21-31(34(56-5)22-33(30)48(4)38(44)46(54,41(53)58-7)39(42)59-26(3)51)45(40(52)57-6)23-27-24-50(55,25-43(9-2)36(27)60-43)20-15-29-28-13-10-11-14-32(28)47-35(29)45/h10-14,16,21-22,27,36-39,47,54H,8-9,15,17-20,23-25H2,1-7H3/t27-,36-,37-,38-,39+,42+,43-,44-,45+,46+,50-/m0/s1. The second-order valence-corrected chi connectivity index (χ2v) is 18.7. The van der Waals surface area contributed by atoms with E-state index in [1.807, 2.05) is 61.4 Å². The van der Waals surface area contributed by atoms with E-state index in [-0.39, 0.29) is 24.5 Å². The van der Waals surface area contributed by atoms with Crippen LogP contribution in [0.5, 0.6) is 5.75 Å². The number of fused-ring (bicyclic) bond motifs is 8. The molecular weight excluding hydrogens is 769 g/mol. The summed E-state index contributed by atoms with van der Waals surface area (Å²) in [5, 5.41) is 29.2. The number of carbonyl (C=O) groups excluding carboxylic acids is 3. The van der Waals surface area contributed by atoms with Crippen LogP contribution in [0.15, 0.2) is 48.6 Å². The molecule has 4 fully saturated rings. The first kappa shape index (κ1) is 39.7. The Morgan fingerprint density at radius 3 is 2.52 bits per heavy atom. The monoisotopic (exact) mass is 824 g/mol. The van der Waals surface area contributed by atoms with Gasteiger partial charge in [0, 0.05) is 83.6 Å². The van der Waals surface area contributed by atoms with Crippen LogP contribution in [0, 0.1) is 16.5 Å². The first-order chi connectivity index (χ1) is 28.7. The Bertz CT molecular complexity index is 2360. The van der Waals surface area contributed by atoms with Gasteiger partial charge in [0.2, 0.25) is 5.60 Å². The van der Waals surface area contributed by atoms with E-state index in [4.69, 9.17) is 23.7 Å². The Balaban J connectivity index is 1.28. The summed E-state index contributed by atoms with van der Waals surface area (Å²) in [6, 6.07) is 10.7. The smallest absolute Gasteiger partial charge is 0.344 e. The zero-order chi connectivity index (χ0) is 42.4. The van der Waals surface area contributed by atoms with Crippen LogP contribution in [0.3, 0.4) is 0 Å². The fraction of sp³-hybridized carbons (Fsp3) is 0.587. The number of likely N-dealkylation sites (N-methyl/N-ethyl adjacent to an activating group) is 1. The van der Waals surface area contributed by atoms with Gasteiger partial charge in [0.05, 0.1) is 40.5 Å². The SMILES string of the molecule is CC[C@]12C[N@+]3([O-])CCc4c([nH]c5ccccc45)[C@](C(=O)OC)(c4cc5c(cc4OC)N(C)[C@@H]4[C@](O)(C(=O)OC)[C@H](OC(C)=O)[C@]6(CC)C=CCN7CC[C@@]54[C@@H]76)C[C@@H](C3)[C@@H]1O2. The van der Waals surface area contributed by atoms with Crippen molar-refractivity contribution in [2.24, 2.45) is 11.3 Å². The Morgan fingerprint density at radius 2 is 1.82 bits per heavy atom. The van der Waals surface area contributed by atoms with Gasteiger partial charge in [0.1, 0.15) is 29.4 Å². The van der Waals surface area contributed by atoms with Crippen molar-refractivity contribution in [3.05, 3.63) is 76.1 Å². The minimum atomic E-state index is -2.32. The highest BCUT2D eigenvalue weighted by Gasteiger charge is 2.80. The number of H-pyrrole nitrogens is 1. The first-order valence-corrected chi connectivity index (χ1v) is 21.5. The molecule has 10 rings (SSSR count). The molecule has 1 aromatic heterocycles. The Morgan fingerprint density at radius 1 is 1.05 bits per heavy atom. The number of ether oxygens (including phenoxy) is 5. The molecule has 1 spiro atoms. The largest absolute Gasteiger partial charge is 0.633 e. The van der Waals surface area contributed by atoms with Gasteiger partial charge in [-0.3, -0.25) is 14.5 Å². The van der Waals surface area contributed by atoms with Crippen molar-refractivity contribution in [1.82, 2.24) is 9.88 Å². The van der Waals surface area contributed by atoms with Crippen molar-refractivity contribution >= 4 is 34.5 Å². The number of aliphatic hydroxyl groups is 1. The predicted molar refractivity (Wildman–Crippen MR) is 220 cm³/mol. The average molecular weight is 825 g/mol.